The maximum atomic E-state index is 11.8. The topological polar surface area (TPSA) is 125 Å². The molecule has 2 aliphatic rings. The summed E-state index contributed by atoms with van der Waals surface area (Å²) in [5.74, 6) is -1.75. The fourth-order valence-corrected chi connectivity index (χ4v) is 2.61. The van der Waals surface area contributed by atoms with Gasteiger partial charge in [0.25, 0.3) is 0 Å². The van der Waals surface area contributed by atoms with E-state index in [1.807, 2.05) is 0 Å². The molecule has 8 heteroatoms. The van der Waals surface area contributed by atoms with Crippen LogP contribution in [0.1, 0.15) is 32.1 Å². The van der Waals surface area contributed by atoms with Gasteiger partial charge in [0.05, 0.1) is 0 Å². The number of carbonyl (C=O) groups is 3. The Hall–Kier alpha value is -1.83. The molecule has 1 aliphatic carbocycles. The average Bonchev–Trinajstić information content (AvgIpc) is 3.15. The van der Waals surface area contributed by atoms with Crippen molar-refractivity contribution in [3.63, 3.8) is 0 Å². The van der Waals surface area contributed by atoms with Crippen LogP contribution in [0.4, 0.5) is 4.79 Å². The van der Waals surface area contributed by atoms with Gasteiger partial charge in [0.15, 0.2) is 0 Å². The number of carboxylic acid groups (broad SMARTS) is 1. The van der Waals surface area contributed by atoms with E-state index >= 15 is 0 Å². The summed E-state index contributed by atoms with van der Waals surface area (Å²) in [4.78, 5) is 35.9. The number of nitrogens with two attached hydrogens (primary N) is 1. The van der Waals surface area contributed by atoms with Gasteiger partial charge in [-0.1, -0.05) is 0 Å². The van der Waals surface area contributed by atoms with Crippen LogP contribution in [0, 0.1) is 0 Å². The summed E-state index contributed by atoms with van der Waals surface area (Å²) < 4.78 is 0. The first kappa shape index (κ1) is 15.6. The Morgan fingerprint density at radius 2 is 2.00 bits per heavy atom. The van der Waals surface area contributed by atoms with E-state index in [0.717, 1.165) is 19.5 Å². The molecule has 1 aliphatic heterocycles. The molecule has 1 saturated carbocycles. The van der Waals surface area contributed by atoms with Gasteiger partial charge in [-0.25, -0.2) is 9.59 Å². The molecule has 1 unspecified atom stereocenters. The number of carboxylic acids is 1. The Kier molecular flexibility index (Phi) is 5.00. The summed E-state index contributed by atoms with van der Waals surface area (Å²) in [6, 6.07) is -0.883. The molecule has 0 aromatic rings. The van der Waals surface area contributed by atoms with Crippen LogP contribution in [-0.4, -0.2) is 59.1 Å². The van der Waals surface area contributed by atoms with Gasteiger partial charge < -0.3 is 21.5 Å². The fraction of sp³-hybridized carbons (Fsp3) is 0.769. The number of nitrogens with zero attached hydrogens (tertiary/aromatic N) is 1. The van der Waals surface area contributed by atoms with Crippen LogP contribution in [-0.2, 0) is 9.59 Å². The Balaban J connectivity index is 1.73. The average molecular weight is 298 g/mol. The number of rotatable bonds is 7. The van der Waals surface area contributed by atoms with Gasteiger partial charge in [-0.05, 0) is 25.7 Å². The highest BCUT2D eigenvalue weighted by molar-refractivity contribution is 5.83. The van der Waals surface area contributed by atoms with Gasteiger partial charge in [-0.2, -0.15) is 0 Å². The first-order valence-electron chi connectivity index (χ1n) is 7.28. The Bertz CT molecular complexity index is 424. The molecule has 0 aromatic carbocycles. The molecule has 0 radical (unpaired) electrons. The molecule has 0 aromatic heterocycles. The Morgan fingerprint density at radius 3 is 2.57 bits per heavy atom. The van der Waals surface area contributed by atoms with E-state index in [9.17, 15) is 14.4 Å². The number of likely N-dealkylation sites (tertiary alicyclic amines) is 1. The van der Waals surface area contributed by atoms with Crippen LogP contribution in [0.2, 0.25) is 0 Å². The van der Waals surface area contributed by atoms with Gasteiger partial charge in [0.2, 0.25) is 5.91 Å². The first-order valence-corrected chi connectivity index (χ1v) is 7.28. The van der Waals surface area contributed by atoms with Crippen LogP contribution in [0.25, 0.3) is 0 Å². The predicted molar refractivity (Wildman–Crippen MR) is 74.5 cm³/mol. The highest BCUT2D eigenvalue weighted by Gasteiger charge is 2.35. The Labute approximate surface area is 123 Å². The van der Waals surface area contributed by atoms with E-state index in [1.165, 1.54) is 12.8 Å². The van der Waals surface area contributed by atoms with E-state index < -0.39 is 23.9 Å². The monoisotopic (exact) mass is 298 g/mol. The van der Waals surface area contributed by atoms with E-state index in [0.29, 0.717) is 6.04 Å². The molecule has 2 fully saturated rings. The van der Waals surface area contributed by atoms with Crippen molar-refractivity contribution >= 4 is 17.9 Å². The van der Waals surface area contributed by atoms with Crippen molar-refractivity contribution in [3.05, 3.63) is 0 Å². The van der Waals surface area contributed by atoms with E-state index in [2.05, 4.69) is 15.5 Å². The number of hydrogen-bond acceptors (Lipinski definition) is 4. The molecule has 2 rings (SSSR count). The van der Waals surface area contributed by atoms with Crippen molar-refractivity contribution in [2.24, 2.45) is 5.73 Å². The van der Waals surface area contributed by atoms with Crippen molar-refractivity contribution in [1.29, 1.82) is 0 Å². The summed E-state index contributed by atoms with van der Waals surface area (Å²) in [5, 5.41) is 14.2. The molecule has 1 saturated heterocycles. The number of aliphatic carboxylic acids is 1. The zero-order valence-corrected chi connectivity index (χ0v) is 11.9. The van der Waals surface area contributed by atoms with Crippen LogP contribution >= 0.6 is 0 Å². The third-order valence-electron chi connectivity index (χ3n) is 3.90. The van der Waals surface area contributed by atoms with Crippen LogP contribution < -0.4 is 16.4 Å². The van der Waals surface area contributed by atoms with Crippen molar-refractivity contribution in [3.8, 4) is 0 Å². The lowest BCUT2D eigenvalue weighted by atomic mass is 10.1. The van der Waals surface area contributed by atoms with Gasteiger partial charge in [0, 0.05) is 31.6 Å². The largest absolute Gasteiger partial charge is 0.480 e. The number of hydrogen-bond donors (Lipinski definition) is 4. The lowest BCUT2D eigenvalue weighted by Crippen LogP contribution is -2.49. The van der Waals surface area contributed by atoms with Crippen molar-refractivity contribution in [2.75, 3.05) is 13.1 Å². The minimum absolute atomic E-state index is 0.00302. The maximum Gasteiger partial charge on any atom is 0.326 e. The zero-order valence-electron chi connectivity index (χ0n) is 11.9. The van der Waals surface area contributed by atoms with Crippen molar-refractivity contribution in [1.82, 2.24) is 15.5 Å². The minimum atomic E-state index is -1.17. The first-order chi connectivity index (χ1) is 9.95. The van der Waals surface area contributed by atoms with E-state index in [4.69, 9.17) is 10.8 Å². The highest BCUT2D eigenvalue weighted by atomic mass is 16.4. The van der Waals surface area contributed by atoms with Gasteiger partial charge in [-0.15, -0.1) is 0 Å². The summed E-state index contributed by atoms with van der Waals surface area (Å²) >= 11 is 0. The SMILES string of the molecule is NC(=O)CC[C@@H](NC(=O)NC1CCN(C2CC2)C1)C(=O)O. The summed E-state index contributed by atoms with van der Waals surface area (Å²) in [6.07, 6.45) is 3.26. The van der Waals surface area contributed by atoms with Crippen LogP contribution in [0.3, 0.4) is 0 Å². The number of amides is 3. The molecule has 21 heavy (non-hydrogen) atoms. The summed E-state index contributed by atoms with van der Waals surface area (Å²) in [7, 11) is 0. The molecule has 0 spiro atoms. The second-order valence-corrected chi connectivity index (χ2v) is 5.73. The second kappa shape index (κ2) is 6.75. The van der Waals surface area contributed by atoms with Crippen molar-refractivity contribution in [2.45, 2.75) is 50.2 Å². The number of nitrogens with one attached hydrogen (secondary N) is 2. The molecule has 8 nitrogen and oxygen atoms in total. The molecular formula is C13H22N4O4. The van der Waals surface area contributed by atoms with Crippen LogP contribution in [0.15, 0.2) is 0 Å². The van der Waals surface area contributed by atoms with Crippen molar-refractivity contribution < 1.29 is 19.5 Å². The minimum Gasteiger partial charge on any atom is -0.480 e. The molecule has 1 heterocycles. The molecular weight excluding hydrogens is 276 g/mol. The number of primary amides is 1. The summed E-state index contributed by atoms with van der Waals surface area (Å²) in [5.41, 5.74) is 4.99. The third kappa shape index (κ3) is 4.89. The molecule has 5 N–H and O–H groups in total. The standard InChI is InChI=1S/C13H22N4O4/c14-11(18)4-3-10(12(19)20)16-13(21)15-8-5-6-17(7-8)9-1-2-9/h8-10H,1-7H2,(H2,14,18)(H,19,20)(H2,15,16,21)/t8?,10-/m1/s1. The van der Waals surface area contributed by atoms with Gasteiger partial charge in [0.1, 0.15) is 6.04 Å². The number of urea groups is 1. The maximum absolute atomic E-state index is 11.8. The smallest absolute Gasteiger partial charge is 0.326 e. The van der Waals surface area contributed by atoms with Gasteiger partial charge >= 0.3 is 12.0 Å². The second-order valence-electron chi connectivity index (χ2n) is 5.73. The van der Waals surface area contributed by atoms with Crippen LogP contribution in [0.5, 0.6) is 0 Å². The third-order valence-corrected chi connectivity index (χ3v) is 3.90. The van der Waals surface area contributed by atoms with E-state index in [-0.39, 0.29) is 18.9 Å². The lowest BCUT2D eigenvalue weighted by molar-refractivity contribution is -0.139. The molecule has 3 amide bonds. The van der Waals surface area contributed by atoms with E-state index in [1.54, 1.807) is 0 Å². The molecule has 0 bridgehead atoms. The predicted octanol–water partition coefficient (Wildman–Crippen LogP) is -0.759. The fourth-order valence-electron chi connectivity index (χ4n) is 2.61. The lowest BCUT2D eigenvalue weighted by Gasteiger charge is -2.18. The zero-order chi connectivity index (χ0) is 15.4. The normalized spacial score (nSPS) is 23.5. The molecule has 2 atom stereocenters. The quantitative estimate of drug-likeness (QED) is 0.492. The number of carbonyl (C=O) groups excluding carboxylic acids is 2. The summed E-state index contributed by atoms with van der Waals surface area (Å²) in [6.45, 7) is 1.79. The van der Waals surface area contributed by atoms with Gasteiger partial charge in [-0.3, -0.25) is 9.69 Å². The Morgan fingerprint density at radius 1 is 1.29 bits per heavy atom. The molecule has 118 valence electrons. The highest BCUT2D eigenvalue weighted by Crippen LogP contribution is 2.29.